The lowest BCUT2D eigenvalue weighted by molar-refractivity contribution is 0.0984. The van der Waals surface area contributed by atoms with Crippen molar-refractivity contribution < 1.29 is 4.74 Å². The molecule has 0 saturated carbocycles. The van der Waals surface area contributed by atoms with E-state index in [2.05, 4.69) is 41.0 Å². The zero-order valence-electron chi connectivity index (χ0n) is 11.7. The maximum Gasteiger partial charge on any atom is 0.137 e. The van der Waals surface area contributed by atoms with Crippen LogP contribution in [0.4, 0.5) is 11.6 Å². The standard InChI is InChI=1S/C13H22N4O/c1-5-14-12-10(3)13(16-11(4)15-12)17-6-7-18-8-9(17)2/h9H,5-8H2,1-4H3,(H,14,15,16). The smallest absolute Gasteiger partial charge is 0.137 e. The van der Waals surface area contributed by atoms with Gasteiger partial charge in [0.15, 0.2) is 0 Å². The van der Waals surface area contributed by atoms with Gasteiger partial charge in [-0.05, 0) is 27.7 Å². The van der Waals surface area contributed by atoms with Crippen LogP contribution in [0.15, 0.2) is 0 Å². The lowest BCUT2D eigenvalue weighted by atomic mass is 10.2. The maximum absolute atomic E-state index is 5.48. The summed E-state index contributed by atoms with van der Waals surface area (Å²) in [5.41, 5.74) is 1.12. The van der Waals surface area contributed by atoms with Gasteiger partial charge in [0.1, 0.15) is 17.5 Å². The first kappa shape index (κ1) is 13.1. The molecular weight excluding hydrogens is 228 g/mol. The van der Waals surface area contributed by atoms with Crippen molar-refractivity contribution in [2.24, 2.45) is 0 Å². The molecule has 1 aromatic heterocycles. The fourth-order valence-corrected chi connectivity index (χ4v) is 2.27. The summed E-state index contributed by atoms with van der Waals surface area (Å²) in [5, 5.41) is 3.30. The topological polar surface area (TPSA) is 50.3 Å². The van der Waals surface area contributed by atoms with Crippen molar-refractivity contribution in [3.8, 4) is 0 Å². The average Bonchev–Trinajstić information content (AvgIpc) is 2.34. The minimum absolute atomic E-state index is 0.362. The first-order valence-corrected chi connectivity index (χ1v) is 6.57. The number of nitrogens with zero attached hydrogens (tertiary/aromatic N) is 3. The Balaban J connectivity index is 2.36. The van der Waals surface area contributed by atoms with Crippen molar-refractivity contribution in [2.45, 2.75) is 33.7 Å². The van der Waals surface area contributed by atoms with E-state index >= 15 is 0 Å². The van der Waals surface area contributed by atoms with Gasteiger partial charge in [0.2, 0.25) is 0 Å². The van der Waals surface area contributed by atoms with Gasteiger partial charge in [0, 0.05) is 18.7 Å². The van der Waals surface area contributed by atoms with Gasteiger partial charge in [0.25, 0.3) is 0 Å². The first-order chi connectivity index (χ1) is 8.63. The van der Waals surface area contributed by atoms with Crippen LogP contribution < -0.4 is 10.2 Å². The average molecular weight is 250 g/mol. The number of aromatic nitrogens is 2. The van der Waals surface area contributed by atoms with Gasteiger partial charge in [-0.3, -0.25) is 0 Å². The Morgan fingerprint density at radius 1 is 1.39 bits per heavy atom. The lowest BCUT2D eigenvalue weighted by Gasteiger charge is -2.35. The monoisotopic (exact) mass is 250 g/mol. The number of rotatable bonds is 3. The van der Waals surface area contributed by atoms with Crippen molar-refractivity contribution in [1.29, 1.82) is 0 Å². The third kappa shape index (κ3) is 2.56. The fourth-order valence-electron chi connectivity index (χ4n) is 2.27. The van der Waals surface area contributed by atoms with Crippen molar-refractivity contribution >= 4 is 11.6 Å². The van der Waals surface area contributed by atoms with Gasteiger partial charge in [0.05, 0.1) is 19.3 Å². The molecule has 1 aromatic rings. The molecule has 1 N–H and O–H groups in total. The highest BCUT2D eigenvalue weighted by Crippen LogP contribution is 2.26. The van der Waals surface area contributed by atoms with Crippen LogP contribution in [-0.4, -0.2) is 42.3 Å². The van der Waals surface area contributed by atoms with Crippen molar-refractivity contribution in [2.75, 3.05) is 36.5 Å². The highest BCUT2D eigenvalue weighted by Gasteiger charge is 2.23. The summed E-state index contributed by atoms with van der Waals surface area (Å²) in [7, 11) is 0. The van der Waals surface area contributed by atoms with E-state index in [1.165, 1.54) is 0 Å². The summed E-state index contributed by atoms with van der Waals surface area (Å²) < 4.78 is 5.48. The number of aryl methyl sites for hydroxylation is 1. The van der Waals surface area contributed by atoms with E-state index in [0.717, 1.165) is 49.3 Å². The maximum atomic E-state index is 5.48. The Labute approximate surface area is 109 Å². The van der Waals surface area contributed by atoms with E-state index in [0.29, 0.717) is 6.04 Å². The number of hydrogen-bond acceptors (Lipinski definition) is 5. The van der Waals surface area contributed by atoms with E-state index < -0.39 is 0 Å². The summed E-state index contributed by atoms with van der Waals surface area (Å²) >= 11 is 0. The number of ether oxygens (including phenoxy) is 1. The minimum atomic E-state index is 0.362. The summed E-state index contributed by atoms with van der Waals surface area (Å²) in [4.78, 5) is 11.4. The van der Waals surface area contributed by atoms with E-state index in [4.69, 9.17) is 4.74 Å². The first-order valence-electron chi connectivity index (χ1n) is 6.57. The minimum Gasteiger partial charge on any atom is -0.377 e. The van der Waals surface area contributed by atoms with Crippen molar-refractivity contribution in [1.82, 2.24) is 9.97 Å². The number of morpholine rings is 1. The van der Waals surface area contributed by atoms with Crippen LogP contribution >= 0.6 is 0 Å². The van der Waals surface area contributed by atoms with Gasteiger partial charge in [-0.1, -0.05) is 0 Å². The summed E-state index contributed by atoms with van der Waals surface area (Å²) in [6.07, 6.45) is 0. The number of hydrogen-bond donors (Lipinski definition) is 1. The van der Waals surface area contributed by atoms with Crippen LogP contribution in [0, 0.1) is 13.8 Å². The second kappa shape index (κ2) is 5.52. The van der Waals surface area contributed by atoms with Gasteiger partial charge < -0.3 is 15.0 Å². The molecule has 100 valence electrons. The lowest BCUT2D eigenvalue weighted by Crippen LogP contribution is -2.44. The zero-order valence-corrected chi connectivity index (χ0v) is 11.7. The molecule has 5 heteroatoms. The fraction of sp³-hybridized carbons (Fsp3) is 0.692. The molecule has 1 fully saturated rings. The highest BCUT2D eigenvalue weighted by atomic mass is 16.5. The van der Waals surface area contributed by atoms with Gasteiger partial charge >= 0.3 is 0 Å². The van der Waals surface area contributed by atoms with E-state index in [1.54, 1.807) is 0 Å². The molecule has 5 nitrogen and oxygen atoms in total. The SMILES string of the molecule is CCNc1nc(C)nc(N2CCOCC2C)c1C. The number of anilines is 2. The molecule has 1 aliphatic rings. The Morgan fingerprint density at radius 3 is 2.83 bits per heavy atom. The van der Waals surface area contributed by atoms with Crippen LogP contribution in [0.3, 0.4) is 0 Å². The van der Waals surface area contributed by atoms with Crippen LogP contribution in [-0.2, 0) is 4.74 Å². The molecule has 2 rings (SSSR count). The Kier molecular flexibility index (Phi) is 4.01. The predicted octanol–water partition coefficient (Wildman–Crippen LogP) is 1.75. The van der Waals surface area contributed by atoms with Gasteiger partial charge in [-0.25, -0.2) is 9.97 Å². The third-order valence-corrected chi connectivity index (χ3v) is 3.22. The largest absolute Gasteiger partial charge is 0.377 e. The molecule has 1 saturated heterocycles. The Hall–Kier alpha value is -1.36. The Morgan fingerprint density at radius 2 is 2.17 bits per heavy atom. The summed E-state index contributed by atoms with van der Waals surface area (Å²) in [6, 6.07) is 0.362. The van der Waals surface area contributed by atoms with Crippen LogP contribution in [0.1, 0.15) is 25.2 Å². The molecule has 0 amide bonds. The highest BCUT2D eigenvalue weighted by molar-refractivity contribution is 5.59. The van der Waals surface area contributed by atoms with Crippen molar-refractivity contribution in [3.63, 3.8) is 0 Å². The second-order valence-corrected chi connectivity index (χ2v) is 4.72. The molecule has 1 unspecified atom stereocenters. The van der Waals surface area contributed by atoms with Gasteiger partial charge in [-0.2, -0.15) is 0 Å². The second-order valence-electron chi connectivity index (χ2n) is 4.72. The molecule has 1 aliphatic heterocycles. The van der Waals surface area contributed by atoms with E-state index in [-0.39, 0.29) is 0 Å². The molecular formula is C13H22N4O. The van der Waals surface area contributed by atoms with E-state index in [1.807, 2.05) is 6.92 Å². The molecule has 0 radical (unpaired) electrons. The Bertz CT molecular complexity index is 422. The molecule has 2 heterocycles. The zero-order chi connectivity index (χ0) is 13.1. The normalized spacial score (nSPS) is 20.0. The quantitative estimate of drug-likeness (QED) is 0.885. The molecule has 0 aromatic carbocycles. The van der Waals surface area contributed by atoms with Crippen molar-refractivity contribution in [3.05, 3.63) is 11.4 Å². The number of nitrogens with one attached hydrogen (secondary N) is 1. The molecule has 1 atom stereocenters. The predicted molar refractivity (Wildman–Crippen MR) is 73.3 cm³/mol. The van der Waals surface area contributed by atoms with Crippen LogP contribution in [0.2, 0.25) is 0 Å². The summed E-state index contributed by atoms with van der Waals surface area (Å²) in [5.74, 6) is 2.79. The third-order valence-electron chi connectivity index (χ3n) is 3.22. The van der Waals surface area contributed by atoms with E-state index in [9.17, 15) is 0 Å². The van der Waals surface area contributed by atoms with Crippen LogP contribution in [0.5, 0.6) is 0 Å². The van der Waals surface area contributed by atoms with Gasteiger partial charge in [-0.15, -0.1) is 0 Å². The van der Waals surface area contributed by atoms with Crippen LogP contribution in [0.25, 0.3) is 0 Å². The summed E-state index contributed by atoms with van der Waals surface area (Å²) in [6.45, 7) is 11.6. The molecule has 0 bridgehead atoms. The molecule has 0 aliphatic carbocycles. The molecule has 0 spiro atoms. The molecule has 18 heavy (non-hydrogen) atoms.